The molecule has 0 spiro atoms. The van der Waals surface area contributed by atoms with Crippen LogP contribution in [0.25, 0.3) is 0 Å². The summed E-state index contributed by atoms with van der Waals surface area (Å²) in [5.74, 6) is 0.833. The summed E-state index contributed by atoms with van der Waals surface area (Å²) in [7, 11) is 0. The summed E-state index contributed by atoms with van der Waals surface area (Å²) in [6.07, 6.45) is 0. The molecule has 0 unspecified atom stereocenters. The molecule has 0 aliphatic heterocycles. The maximum Gasteiger partial charge on any atom is -0.0500 e. The molecular weight excluding hydrogens is 288 g/mol. The summed E-state index contributed by atoms with van der Waals surface area (Å²) in [6.45, 7) is 46.5. The molecule has 0 aliphatic rings. The van der Waals surface area contributed by atoms with Crippen molar-refractivity contribution in [2.75, 3.05) is 0 Å². The Labute approximate surface area is 165 Å². The van der Waals surface area contributed by atoms with Gasteiger partial charge in [0.1, 0.15) is 0 Å². The molecule has 0 N–H and O–H groups in total. The Morgan fingerprint density at radius 2 is 0.208 bits per heavy atom. The lowest BCUT2D eigenvalue weighted by molar-refractivity contribution is 0.737. The van der Waals surface area contributed by atoms with E-state index in [-0.39, 0.29) is 0 Å². The highest BCUT2D eigenvalue weighted by Crippen LogP contribution is 1.81. The zero-order valence-electron chi connectivity index (χ0n) is 23.6. The second-order valence-corrected chi connectivity index (χ2v) is 1.73. The van der Waals surface area contributed by atoms with Crippen LogP contribution in [0.2, 0.25) is 0 Å². The van der Waals surface area contributed by atoms with E-state index in [9.17, 15) is 0 Å². The number of hydrogen-bond acceptors (Lipinski definition) is 0. The molecule has 166 valence electrons. The van der Waals surface area contributed by atoms with Crippen molar-refractivity contribution in [3.05, 3.63) is 0 Å². The Morgan fingerprint density at radius 3 is 0.208 bits per heavy atom. The average Bonchev–Trinajstić information content (AvgIpc) is 2.76. The van der Waals surface area contributed by atoms with Crippen LogP contribution in [0.3, 0.4) is 0 Å². The summed E-state index contributed by atoms with van der Waals surface area (Å²) in [6, 6.07) is 0. The van der Waals surface area contributed by atoms with Gasteiger partial charge in [-0.1, -0.05) is 159 Å². The van der Waals surface area contributed by atoms with Gasteiger partial charge in [0, 0.05) is 0 Å². The van der Waals surface area contributed by atoms with Crippen molar-refractivity contribution in [1.29, 1.82) is 0 Å². The molecule has 0 rings (SSSR count). The van der Waals surface area contributed by atoms with Gasteiger partial charge in [-0.3, -0.25) is 0 Å². The first-order valence-electron chi connectivity index (χ1n) is 11.7. The first kappa shape index (κ1) is 75.1. The van der Waals surface area contributed by atoms with Gasteiger partial charge in [0.15, 0.2) is 0 Å². The molecule has 0 atom stereocenters. The van der Waals surface area contributed by atoms with Crippen molar-refractivity contribution in [3.8, 4) is 0 Å². The Hall–Kier alpha value is 0. The van der Waals surface area contributed by atoms with Gasteiger partial charge in [-0.25, -0.2) is 0 Å². The standard InChI is InChI=1S/C4H10.10C2H6/c1-4(2)3;10*1-2/h4H,1-3H3;10*1-2H3. The van der Waals surface area contributed by atoms with Gasteiger partial charge in [0.05, 0.1) is 0 Å². The Balaban J connectivity index is -0.00000000873. The van der Waals surface area contributed by atoms with E-state index >= 15 is 0 Å². The van der Waals surface area contributed by atoms with Crippen LogP contribution in [0, 0.1) is 5.92 Å². The zero-order chi connectivity index (χ0) is 23.6. The van der Waals surface area contributed by atoms with Crippen molar-refractivity contribution in [2.45, 2.75) is 159 Å². The van der Waals surface area contributed by atoms with Crippen LogP contribution in [0.4, 0.5) is 0 Å². The molecule has 0 saturated heterocycles. The highest BCUT2D eigenvalue weighted by molar-refractivity contribution is 4.20. The molecule has 0 aliphatic carbocycles. The summed E-state index contributed by atoms with van der Waals surface area (Å²) in [5.41, 5.74) is 0. The first-order valence-corrected chi connectivity index (χ1v) is 11.7. The van der Waals surface area contributed by atoms with Gasteiger partial charge < -0.3 is 0 Å². The molecule has 0 heterocycles. The minimum Gasteiger partial charge on any atom is -0.0683 e. The lowest BCUT2D eigenvalue weighted by Crippen LogP contribution is -1.66. The molecular formula is C24H70. The molecule has 0 saturated carbocycles. The second kappa shape index (κ2) is 1240. The van der Waals surface area contributed by atoms with E-state index in [0.29, 0.717) is 0 Å². The van der Waals surface area contributed by atoms with Crippen molar-refractivity contribution < 1.29 is 0 Å². The van der Waals surface area contributed by atoms with Gasteiger partial charge in [-0.2, -0.15) is 0 Å². The van der Waals surface area contributed by atoms with Crippen molar-refractivity contribution >= 4 is 0 Å². The maximum absolute atomic E-state index is 2.17. The summed E-state index contributed by atoms with van der Waals surface area (Å²) < 4.78 is 0. The van der Waals surface area contributed by atoms with Crippen LogP contribution in [-0.4, -0.2) is 0 Å². The van der Waals surface area contributed by atoms with Crippen LogP contribution >= 0.6 is 0 Å². The number of rotatable bonds is 0. The van der Waals surface area contributed by atoms with E-state index in [4.69, 9.17) is 0 Å². The average molecular weight is 359 g/mol. The smallest absolute Gasteiger partial charge is 0.0500 e. The van der Waals surface area contributed by atoms with E-state index in [0.717, 1.165) is 5.92 Å². The van der Waals surface area contributed by atoms with Gasteiger partial charge >= 0.3 is 0 Å². The summed E-state index contributed by atoms with van der Waals surface area (Å²) in [4.78, 5) is 0. The van der Waals surface area contributed by atoms with E-state index in [1.807, 2.05) is 138 Å². The lowest BCUT2D eigenvalue weighted by Gasteiger charge is -1.79. The number of hydrogen-bond donors (Lipinski definition) is 0. The normalized spacial score (nSPS) is 4.00. The fraction of sp³-hybridized carbons (Fsp3) is 1.00. The van der Waals surface area contributed by atoms with Crippen molar-refractivity contribution in [1.82, 2.24) is 0 Å². The molecule has 0 aromatic heterocycles. The van der Waals surface area contributed by atoms with E-state index < -0.39 is 0 Å². The zero-order valence-corrected chi connectivity index (χ0v) is 23.6. The van der Waals surface area contributed by atoms with Crippen LogP contribution in [-0.2, 0) is 0 Å². The fourth-order valence-electron chi connectivity index (χ4n) is 0. The highest BCUT2D eigenvalue weighted by Gasteiger charge is 1.68. The van der Waals surface area contributed by atoms with Crippen LogP contribution < -0.4 is 0 Å². The topological polar surface area (TPSA) is 0 Å². The quantitative estimate of drug-likeness (QED) is 0.403. The van der Waals surface area contributed by atoms with Crippen LogP contribution in [0.5, 0.6) is 0 Å². The Bertz CT molecular complexity index is 4.75. The third kappa shape index (κ3) is 0. The maximum atomic E-state index is 2.17. The largest absolute Gasteiger partial charge is 0.0683 e. The predicted molar refractivity (Wildman–Crippen MR) is 134 cm³/mol. The third-order valence-electron chi connectivity index (χ3n) is 0. The Kier molecular flexibility index (Phi) is 3870. The SMILES string of the molecule is CC.CC.CC.CC.CC.CC.CC.CC.CC.CC.CC(C)C. The molecule has 0 radical (unpaired) electrons. The van der Waals surface area contributed by atoms with Gasteiger partial charge in [0.25, 0.3) is 0 Å². The van der Waals surface area contributed by atoms with Gasteiger partial charge in [0.2, 0.25) is 0 Å². The fourth-order valence-corrected chi connectivity index (χ4v) is 0. The molecule has 0 heteroatoms. The van der Waals surface area contributed by atoms with Gasteiger partial charge in [-0.15, -0.1) is 0 Å². The summed E-state index contributed by atoms with van der Waals surface area (Å²) >= 11 is 0. The van der Waals surface area contributed by atoms with Crippen molar-refractivity contribution in [2.24, 2.45) is 5.92 Å². The van der Waals surface area contributed by atoms with Crippen LogP contribution in [0.15, 0.2) is 0 Å². The molecule has 0 aromatic rings. The summed E-state index contributed by atoms with van der Waals surface area (Å²) in [5, 5.41) is 0. The minimum absolute atomic E-state index is 0.833. The van der Waals surface area contributed by atoms with E-state index in [2.05, 4.69) is 20.8 Å². The molecule has 0 fully saturated rings. The highest BCUT2D eigenvalue weighted by atomic mass is 13.7. The van der Waals surface area contributed by atoms with E-state index in [1.54, 1.807) is 0 Å². The molecule has 0 aromatic carbocycles. The molecule has 0 bridgehead atoms. The van der Waals surface area contributed by atoms with Crippen LogP contribution in [0.1, 0.15) is 159 Å². The van der Waals surface area contributed by atoms with Gasteiger partial charge in [-0.05, 0) is 5.92 Å². The monoisotopic (exact) mass is 359 g/mol. The van der Waals surface area contributed by atoms with E-state index in [1.165, 1.54) is 0 Å². The molecule has 0 amide bonds. The molecule has 24 heavy (non-hydrogen) atoms. The third-order valence-corrected chi connectivity index (χ3v) is 0. The lowest BCUT2D eigenvalue weighted by atomic mass is 10.3. The van der Waals surface area contributed by atoms with Crippen molar-refractivity contribution in [3.63, 3.8) is 0 Å². The minimum atomic E-state index is 0.833. The first-order chi connectivity index (χ1) is 11.7. The predicted octanol–water partition coefficient (Wildman–Crippen LogP) is 11.9. The molecule has 0 nitrogen and oxygen atoms in total. The Morgan fingerprint density at radius 1 is 0.208 bits per heavy atom. The second-order valence-electron chi connectivity index (χ2n) is 1.73.